The number of alkyl carbamates (subject to hydrolysis) is 1. The van der Waals surface area contributed by atoms with Crippen molar-refractivity contribution < 1.29 is 37.5 Å². The van der Waals surface area contributed by atoms with Crippen LogP contribution in [-0.2, 0) is 30.5 Å². The number of rotatable bonds is 13. The van der Waals surface area contributed by atoms with E-state index in [1.54, 1.807) is 0 Å². The second kappa shape index (κ2) is 15.8. The van der Waals surface area contributed by atoms with Gasteiger partial charge >= 0.3 is 6.09 Å². The quantitative estimate of drug-likeness (QED) is 0.248. The van der Waals surface area contributed by atoms with Crippen LogP contribution in [0.15, 0.2) is 30.3 Å². The van der Waals surface area contributed by atoms with Crippen molar-refractivity contribution in [3.8, 4) is 0 Å². The van der Waals surface area contributed by atoms with Gasteiger partial charge in [0.1, 0.15) is 18.7 Å². The lowest BCUT2D eigenvalue weighted by Crippen LogP contribution is -2.58. The van der Waals surface area contributed by atoms with E-state index in [1.165, 1.54) is 4.90 Å². The lowest BCUT2D eigenvalue weighted by molar-refractivity contribution is -0.143. The van der Waals surface area contributed by atoms with Crippen LogP contribution in [0.5, 0.6) is 0 Å². The molecule has 1 aromatic carbocycles. The SMILES string of the molecule is CC(F)(F)CC[C@H](NC(=O)[C@@H]1CC2(CCCCC2)CN1C(=O)[C@@H](NC(=O)OCc1ccccc1)C1CCCCC1)C(=O)C(=O)NC1CC1. The van der Waals surface area contributed by atoms with E-state index in [0.29, 0.717) is 13.0 Å². The summed E-state index contributed by atoms with van der Waals surface area (Å²) in [4.78, 5) is 69.1. The zero-order chi connectivity index (χ0) is 34.3. The number of carbonyl (C=O) groups is 5. The predicted molar refractivity (Wildman–Crippen MR) is 174 cm³/mol. The molecule has 12 heteroatoms. The van der Waals surface area contributed by atoms with E-state index in [0.717, 1.165) is 89.5 Å². The fourth-order valence-electron chi connectivity index (χ4n) is 7.68. The summed E-state index contributed by atoms with van der Waals surface area (Å²) in [5.41, 5.74) is 0.500. The summed E-state index contributed by atoms with van der Waals surface area (Å²) in [5.74, 6) is -6.14. The van der Waals surface area contributed by atoms with Crippen LogP contribution < -0.4 is 16.0 Å². The molecule has 48 heavy (non-hydrogen) atoms. The van der Waals surface area contributed by atoms with Crippen LogP contribution in [0.4, 0.5) is 13.6 Å². The molecule has 3 aliphatic carbocycles. The number of ketones is 1. The molecule has 1 aliphatic heterocycles. The third kappa shape index (κ3) is 9.75. The Kier molecular flexibility index (Phi) is 11.7. The molecular weight excluding hydrogens is 622 g/mol. The molecule has 10 nitrogen and oxygen atoms in total. The molecule has 0 bridgehead atoms. The molecule has 3 atom stereocenters. The van der Waals surface area contributed by atoms with Crippen molar-refractivity contribution in [2.75, 3.05) is 6.54 Å². The summed E-state index contributed by atoms with van der Waals surface area (Å²) >= 11 is 0. The number of alkyl halides is 2. The van der Waals surface area contributed by atoms with Crippen LogP contribution in [0.3, 0.4) is 0 Å². The number of hydrogen-bond donors (Lipinski definition) is 3. The van der Waals surface area contributed by atoms with Gasteiger partial charge in [0.25, 0.3) is 5.91 Å². The van der Waals surface area contributed by atoms with Gasteiger partial charge in [-0.1, -0.05) is 68.9 Å². The van der Waals surface area contributed by atoms with E-state index in [-0.39, 0.29) is 29.9 Å². The number of carbonyl (C=O) groups excluding carboxylic acids is 5. The maximum atomic E-state index is 14.6. The standard InChI is InChI=1S/C36H50F2N4O6/c1-35(37,38)20-17-27(30(43)32(45)39-26-15-16-26)40-31(44)28-21-36(18-9-4-10-19-36)23-42(28)33(46)29(25-13-7-3-8-14-25)41-34(47)48-22-24-11-5-2-6-12-24/h2,5-6,11-12,25-29H,3-4,7-10,13-23H2,1H3,(H,39,45)(H,40,44)(H,41,47)/t27-,28-,29-/m0/s1. The summed E-state index contributed by atoms with van der Waals surface area (Å²) in [6.45, 7) is 1.09. The maximum absolute atomic E-state index is 14.6. The van der Waals surface area contributed by atoms with Gasteiger partial charge in [0.05, 0.1) is 6.04 Å². The molecule has 3 N–H and O–H groups in total. The normalized spacial score (nSPS) is 22.4. The molecule has 1 saturated heterocycles. The van der Waals surface area contributed by atoms with Crippen LogP contribution in [-0.4, -0.2) is 71.1 Å². The highest BCUT2D eigenvalue weighted by Crippen LogP contribution is 2.47. The highest BCUT2D eigenvalue weighted by Gasteiger charge is 2.51. The first-order valence-corrected chi connectivity index (χ1v) is 17.7. The molecule has 0 radical (unpaired) electrons. The molecule has 1 spiro atoms. The lowest BCUT2D eigenvalue weighted by Gasteiger charge is -2.36. The monoisotopic (exact) mass is 672 g/mol. The van der Waals surface area contributed by atoms with E-state index in [9.17, 15) is 32.8 Å². The minimum atomic E-state index is -3.11. The Bertz CT molecular complexity index is 1310. The molecule has 1 aromatic rings. The van der Waals surface area contributed by atoms with Crippen molar-refractivity contribution in [3.05, 3.63) is 35.9 Å². The van der Waals surface area contributed by atoms with Crippen LogP contribution in [0.1, 0.15) is 109 Å². The molecule has 0 aromatic heterocycles. The molecular formula is C36H50F2N4O6. The van der Waals surface area contributed by atoms with Crippen molar-refractivity contribution in [2.24, 2.45) is 11.3 Å². The van der Waals surface area contributed by atoms with E-state index >= 15 is 0 Å². The zero-order valence-electron chi connectivity index (χ0n) is 27.9. The first-order valence-electron chi connectivity index (χ1n) is 17.7. The van der Waals surface area contributed by atoms with Gasteiger partial charge in [-0.15, -0.1) is 0 Å². The van der Waals surface area contributed by atoms with Gasteiger partial charge in [-0.3, -0.25) is 19.2 Å². The molecule has 0 unspecified atom stereocenters. The Morgan fingerprint density at radius 1 is 0.938 bits per heavy atom. The van der Waals surface area contributed by atoms with Crippen LogP contribution in [0, 0.1) is 11.3 Å². The molecule has 4 fully saturated rings. The second-order valence-corrected chi connectivity index (χ2v) is 14.6. The third-order valence-corrected chi connectivity index (χ3v) is 10.5. The average molecular weight is 673 g/mol. The summed E-state index contributed by atoms with van der Waals surface area (Å²) in [7, 11) is 0. The second-order valence-electron chi connectivity index (χ2n) is 14.6. The molecule has 4 amide bonds. The predicted octanol–water partition coefficient (Wildman–Crippen LogP) is 5.18. The molecule has 1 heterocycles. The van der Waals surface area contributed by atoms with E-state index < -0.39 is 60.6 Å². The number of benzene rings is 1. The van der Waals surface area contributed by atoms with Crippen molar-refractivity contribution in [1.29, 1.82) is 0 Å². The summed E-state index contributed by atoms with van der Waals surface area (Å²) in [5, 5.41) is 8.06. The third-order valence-electron chi connectivity index (χ3n) is 10.5. The highest BCUT2D eigenvalue weighted by atomic mass is 19.3. The van der Waals surface area contributed by atoms with Gasteiger partial charge < -0.3 is 25.6 Å². The number of Topliss-reactive ketones (excluding diaryl/α,β-unsaturated/α-hetero) is 1. The number of nitrogens with one attached hydrogen (secondary N) is 3. The average Bonchev–Trinajstić information content (AvgIpc) is 3.82. The summed E-state index contributed by atoms with van der Waals surface area (Å²) in [6.07, 6.45) is 8.98. The number of halogens is 2. The van der Waals surface area contributed by atoms with Gasteiger partial charge in [-0.05, 0) is 75.2 Å². The minimum Gasteiger partial charge on any atom is -0.445 e. The number of ether oxygens (including phenoxy) is 1. The summed E-state index contributed by atoms with van der Waals surface area (Å²) in [6, 6.07) is 5.75. The Morgan fingerprint density at radius 3 is 2.25 bits per heavy atom. The lowest BCUT2D eigenvalue weighted by atomic mass is 9.72. The maximum Gasteiger partial charge on any atom is 0.408 e. The smallest absolute Gasteiger partial charge is 0.408 e. The van der Waals surface area contributed by atoms with Gasteiger partial charge in [-0.2, -0.15) is 0 Å². The molecule has 264 valence electrons. The van der Waals surface area contributed by atoms with Gasteiger partial charge in [0.2, 0.25) is 23.5 Å². The van der Waals surface area contributed by atoms with Gasteiger partial charge in [0, 0.05) is 19.0 Å². The Hall–Kier alpha value is -3.57. The topological polar surface area (TPSA) is 134 Å². The van der Waals surface area contributed by atoms with E-state index in [4.69, 9.17) is 4.74 Å². The fourth-order valence-corrected chi connectivity index (χ4v) is 7.68. The highest BCUT2D eigenvalue weighted by molar-refractivity contribution is 6.38. The minimum absolute atomic E-state index is 0.0383. The zero-order valence-corrected chi connectivity index (χ0v) is 27.9. The van der Waals surface area contributed by atoms with E-state index in [1.807, 2.05) is 30.3 Å². The first-order chi connectivity index (χ1) is 22.9. The molecule has 4 aliphatic rings. The number of amides is 4. The van der Waals surface area contributed by atoms with Gasteiger partial charge in [-0.25, -0.2) is 13.6 Å². The summed E-state index contributed by atoms with van der Waals surface area (Å²) < 4.78 is 33.3. The first kappa shape index (κ1) is 35.7. The Morgan fingerprint density at radius 2 is 1.60 bits per heavy atom. The molecule has 5 rings (SSSR count). The Balaban J connectivity index is 1.36. The molecule has 3 saturated carbocycles. The number of likely N-dealkylation sites (tertiary alicyclic amines) is 1. The van der Waals surface area contributed by atoms with Crippen LogP contribution in [0.25, 0.3) is 0 Å². The van der Waals surface area contributed by atoms with E-state index in [2.05, 4.69) is 16.0 Å². The van der Waals surface area contributed by atoms with Gasteiger partial charge in [0.15, 0.2) is 0 Å². The largest absolute Gasteiger partial charge is 0.445 e. The van der Waals surface area contributed by atoms with Crippen LogP contribution >= 0.6 is 0 Å². The van der Waals surface area contributed by atoms with Crippen molar-refractivity contribution in [2.45, 2.75) is 140 Å². The number of hydrogen-bond acceptors (Lipinski definition) is 6. The van der Waals surface area contributed by atoms with Crippen LogP contribution in [0.2, 0.25) is 0 Å². The van der Waals surface area contributed by atoms with Crippen molar-refractivity contribution >= 4 is 29.6 Å². The number of nitrogens with zero attached hydrogens (tertiary/aromatic N) is 1. The van der Waals surface area contributed by atoms with Crippen molar-refractivity contribution in [3.63, 3.8) is 0 Å². The Labute approximate surface area is 281 Å². The fraction of sp³-hybridized carbons (Fsp3) is 0.694. The van der Waals surface area contributed by atoms with Crippen molar-refractivity contribution in [1.82, 2.24) is 20.9 Å².